The minimum absolute atomic E-state index is 0.0631. The second kappa shape index (κ2) is 5.56. The summed E-state index contributed by atoms with van der Waals surface area (Å²) in [5, 5.41) is 10.8. The molecule has 0 atom stereocenters. The Balaban J connectivity index is 1.74. The Morgan fingerprint density at radius 2 is 2.15 bits per heavy atom. The van der Waals surface area contributed by atoms with Gasteiger partial charge in [0, 0.05) is 6.04 Å². The van der Waals surface area contributed by atoms with Gasteiger partial charge >= 0.3 is 12.3 Å². The molecule has 0 unspecified atom stereocenters. The van der Waals surface area contributed by atoms with Crippen molar-refractivity contribution in [3.63, 3.8) is 0 Å². The second-order valence-electron chi connectivity index (χ2n) is 4.67. The van der Waals surface area contributed by atoms with Gasteiger partial charge in [-0.2, -0.15) is 13.2 Å². The van der Waals surface area contributed by atoms with Gasteiger partial charge in [-0.1, -0.05) is 0 Å². The van der Waals surface area contributed by atoms with E-state index in [0.717, 1.165) is 12.3 Å². The molecule has 1 heterocycles. The molecule has 0 saturated heterocycles. The summed E-state index contributed by atoms with van der Waals surface area (Å²) in [6.07, 6.45) is -3.14. The van der Waals surface area contributed by atoms with Crippen molar-refractivity contribution in [3.8, 4) is 5.75 Å². The third-order valence-corrected chi connectivity index (χ3v) is 3.08. The molecule has 1 amide bonds. The summed E-state index contributed by atoms with van der Waals surface area (Å²) in [7, 11) is 0. The predicted octanol–water partition coefficient (Wildman–Crippen LogP) is 2.53. The number of alkyl halides is 3. The van der Waals surface area contributed by atoms with Gasteiger partial charge in [-0.25, -0.2) is 9.78 Å². The van der Waals surface area contributed by atoms with Crippen LogP contribution in [0.15, 0.2) is 18.3 Å². The third kappa shape index (κ3) is 3.75. The van der Waals surface area contributed by atoms with Crippen LogP contribution in [0.2, 0.25) is 0 Å². The fourth-order valence-electron chi connectivity index (χ4n) is 2.01. The van der Waals surface area contributed by atoms with Gasteiger partial charge in [-0.3, -0.25) is 0 Å². The summed E-state index contributed by atoms with van der Waals surface area (Å²) in [6, 6.07) is 2.03. The maximum Gasteiger partial charge on any atom is 0.433 e. The molecule has 0 aromatic carbocycles. The molecule has 1 saturated carbocycles. The molecule has 0 bridgehead atoms. The average Bonchev–Trinajstić information content (AvgIpc) is 2.31. The number of nitrogens with zero attached hydrogens (tertiary/aromatic N) is 1. The van der Waals surface area contributed by atoms with Crippen molar-refractivity contribution in [3.05, 3.63) is 24.0 Å². The summed E-state index contributed by atoms with van der Waals surface area (Å²) in [5.74, 6) is 0.474. The number of pyridine rings is 1. The highest BCUT2D eigenvalue weighted by atomic mass is 19.4. The van der Waals surface area contributed by atoms with Crippen LogP contribution in [0.25, 0.3) is 0 Å². The zero-order chi connectivity index (χ0) is 14.8. The third-order valence-electron chi connectivity index (χ3n) is 3.08. The highest BCUT2D eigenvalue weighted by Gasteiger charge is 2.33. The topological polar surface area (TPSA) is 71.5 Å². The number of ether oxygens (including phenoxy) is 1. The lowest BCUT2D eigenvalue weighted by atomic mass is 9.81. The van der Waals surface area contributed by atoms with Gasteiger partial charge in [0.05, 0.1) is 12.8 Å². The van der Waals surface area contributed by atoms with Crippen LogP contribution in [0.1, 0.15) is 18.5 Å². The first-order valence-corrected chi connectivity index (χ1v) is 6.00. The summed E-state index contributed by atoms with van der Waals surface area (Å²) in [6.45, 7) is 0.338. The van der Waals surface area contributed by atoms with Crippen molar-refractivity contribution < 1.29 is 27.8 Å². The van der Waals surface area contributed by atoms with Crippen LogP contribution in [0, 0.1) is 5.92 Å². The number of carbonyl (C=O) groups is 1. The van der Waals surface area contributed by atoms with Crippen molar-refractivity contribution in [2.45, 2.75) is 25.1 Å². The molecule has 2 N–H and O–H groups in total. The first-order valence-electron chi connectivity index (χ1n) is 6.00. The predicted molar refractivity (Wildman–Crippen MR) is 62.4 cm³/mol. The zero-order valence-electron chi connectivity index (χ0n) is 10.4. The standard InChI is InChI=1S/C12H13F3N2O3/c13-12(14,15)10-2-1-9(5-16-10)20-6-7-3-8(4-7)17-11(18)19/h1-2,5,7-8,17H,3-4,6H2,(H,18,19)/t7-,8+. The monoisotopic (exact) mass is 290 g/mol. The number of rotatable bonds is 4. The summed E-state index contributed by atoms with van der Waals surface area (Å²) in [5.41, 5.74) is -0.959. The Kier molecular flexibility index (Phi) is 4.01. The summed E-state index contributed by atoms with van der Waals surface area (Å²) in [4.78, 5) is 13.6. The largest absolute Gasteiger partial charge is 0.492 e. The lowest BCUT2D eigenvalue weighted by Crippen LogP contribution is -2.45. The zero-order valence-corrected chi connectivity index (χ0v) is 10.4. The van der Waals surface area contributed by atoms with E-state index in [0.29, 0.717) is 19.4 Å². The summed E-state index contributed by atoms with van der Waals surface area (Å²) < 4.78 is 42.2. The van der Waals surface area contributed by atoms with Crippen molar-refractivity contribution in [2.75, 3.05) is 6.61 Å². The Labute approximate surface area is 112 Å². The van der Waals surface area contributed by atoms with Crippen molar-refractivity contribution >= 4 is 6.09 Å². The van der Waals surface area contributed by atoms with Crippen molar-refractivity contribution in [1.29, 1.82) is 0 Å². The lowest BCUT2D eigenvalue weighted by molar-refractivity contribution is -0.141. The van der Waals surface area contributed by atoms with E-state index in [2.05, 4.69) is 10.3 Å². The second-order valence-corrected chi connectivity index (χ2v) is 4.67. The maximum absolute atomic E-state index is 12.3. The minimum atomic E-state index is -4.46. The fourth-order valence-corrected chi connectivity index (χ4v) is 2.01. The van der Waals surface area contributed by atoms with Gasteiger partial charge in [0.25, 0.3) is 0 Å². The van der Waals surface area contributed by atoms with Gasteiger partial charge < -0.3 is 15.2 Å². The van der Waals surface area contributed by atoms with E-state index in [4.69, 9.17) is 9.84 Å². The number of hydrogen-bond donors (Lipinski definition) is 2. The van der Waals surface area contributed by atoms with Gasteiger partial charge in [-0.05, 0) is 30.9 Å². The van der Waals surface area contributed by atoms with E-state index < -0.39 is 18.0 Å². The Hall–Kier alpha value is -1.99. The SMILES string of the molecule is O=C(O)N[C@H]1C[C@@H](COc2ccc(C(F)(F)F)nc2)C1. The lowest BCUT2D eigenvalue weighted by Gasteiger charge is -2.34. The number of nitrogens with one attached hydrogen (secondary N) is 1. The van der Waals surface area contributed by atoms with Crippen LogP contribution < -0.4 is 10.1 Å². The molecular formula is C12H13F3N2O3. The Morgan fingerprint density at radius 3 is 2.65 bits per heavy atom. The van der Waals surface area contributed by atoms with Gasteiger partial charge in [0.2, 0.25) is 0 Å². The number of halogens is 3. The van der Waals surface area contributed by atoms with E-state index in [-0.39, 0.29) is 17.7 Å². The van der Waals surface area contributed by atoms with Crippen molar-refractivity contribution in [2.24, 2.45) is 5.92 Å². The van der Waals surface area contributed by atoms with Gasteiger partial charge in [0.15, 0.2) is 0 Å². The molecule has 1 aliphatic rings. The fraction of sp³-hybridized carbons (Fsp3) is 0.500. The van der Waals surface area contributed by atoms with Crippen LogP contribution in [-0.2, 0) is 6.18 Å². The molecule has 110 valence electrons. The van der Waals surface area contributed by atoms with Crippen LogP contribution in [0.5, 0.6) is 5.75 Å². The Bertz CT molecular complexity index is 470. The van der Waals surface area contributed by atoms with E-state index in [9.17, 15) is 18.0 Å². The van der Waals surface area contributed by atoms with Crippen LogP contribution >= 0.6 is 0 Å². The molecule has 5 nitrogen and oxygen atoms in total. The molecule has 0 radical (unpaired) electrons. The average molecular weight is 290 g/mol. The first kappa shape index (κ1) is 14.4. The molecule has 0 spiro atoms. The molecule has 20 heavy (non-hydrogen) atoms. The number of amides is 1. The normalized spacial score (nSPS) is 21.9. The Morgan fingerprint density at radius 1 is 1.45 bits per heavy atom. The number of hydrogen-bond acceptors (Lipinski definition) is 3. The molecule has 8 heteroatoms. The molecule has 1 aromatic rings. The van der Waals surface area contributed by atoms with Gasteiger partial charge in [0.1, 0.15) is 11.4 Å². The van der Waals surface area contributed by atoms with Crippen LogP contribution in [-0.4, -0.2) is 28.8 Å². The highest BCUT2D eigenvalue weighted by molar-refractivity contribution is 5.65. The highest BCUT2D eigenvalue weighted by Crippen LogP contribution is 2.30. The molecule has 1 aromatic heterocycles. The van der Waals surface area contributed by atoms with E-state index in [1.807, 2.05) is 0 Å². The molecule has 1 fully saturated rings. The van der Waals surface area contributed by atoms with E-state index in [1.165, 1.54) is 6.07 Å². The van der Waals surface area contributed by atoms with E-state index >= 15 is 0 Å². The first-order chi connectivity index (χ1) is 9.34. The minimum Gasteiger partial charge on any atom is -0.492 e. The number of carboxylic acid groups (broad SMARTS) is 1. The number of aromatic nitrogens is 1. The maximum atomic E-state index is 12.3. The molecule has 1 aliphatic carbocycles. The molecule has 2 rings (SSSR count). The quantitative estimate of drug-likeness (QED) is 0.894. The molecular weight excluding hydrogens is 277 g/mol. The summed E-state index contributed by atoms with van der Waals surface area (Å²) >= 11 is 0. The van der Waals surface area contributed by atoms with Gasteiger partial charge in [-0.15, -0.1) is 0 Å². The van der Waals surface area contributed by atoms with Crippen molar-refractivity contribution in [1.82, 2.24) is 10.3 Å². The van der Waals surface area contributed by atoms with E-state index in [1.54, 1.807) is 0 Å². The van der Waals surface area contributed by atoms with Crippen LogP contribution in [0.3, 0.4) is 0 Å². The smallest absolute Gasteiger partial charge is 0.433 e. The molecule has 0 aliphatic heterocycles. The van der Waals surface area contributed by atoms with Crippen LogP contribution in [0.4, 0.5) is 18.0 Å².